The second-order valence-corrected chi connectivity index (χ2v) is 10.1. The van der Waals surface area contributed by atoms with Crippen LogP contribution >= 0.6 is 0 Å². The van der Waals surface area contributed by atoms with Crippen LogP contribution in [0.25, 0.3) is 16.6 Å². The average molecular weight is 506 g/mol. The maximum atomic E-state index is 13.2. The summed E-state index contributed by atoms with van der Waals surface area (Å²) in [7, 11) is 3.29. The molecule has 0 aliphatic heterocycles. The molecule has 0 saturated heterocycles. The number of hydrogen-bond donors (Lipinski definition) is 2. The third kappa shape index (κ3) is 4.74. The summed E-state index contributed by atoms with van der Waals surface area (Å²) in [5.74, 6) is -0.166. The molecule has 11 heteroatoms. The number of hydrogen-bond acceptors (Lipinski definition) is 7. The second kappa shape index (κ2) is 9.47. The van der Waals surface area contributed by atoms with E-state index in [0.717, 1.165) is 36.6 Å². The molecule has 1 aromatic carbocycles. The number of aliphatic hydroxyl groups is 1. The van der Waals surface area contributed by atoms with Crippen molar-refractivity contribution in [2.24, 2.45) is 0 Å². The summed E-state index contributed by atoms with van der Waals surface area (Å²) in [6.07, 6.45) is 10.3. The highest BCUT2D eigenvalue weighted by molar-refractivity contribution is 6.09. The van der Waals surface area contributed by atoms with E-state index in [1.165, 1.54) is 21.0 Å². The largest absolute Gasteiger partial charge is 0.496 e. The number of anilines is 1. The standard InChI is InChI=1S/C26H31N7O4/c1-26(2,36)25(35)31(3)17-6-8-18(9-7-17)33-15-16-12-19(22(37-4)13-20(16)30-33)24(34)29-21-14-28-32-11-5-10-27-23(21)32/h5,10-15,17-18,36H,6-9H2,1-4H3,(H,29,34). The van der Waals surface area contributed by atoms with Crippen LogP contribution in [0.3, 0.4) is 0 Å². The van der Waals surface area contributed by atoms with Crippen LogP contribution in [0.5, 0.6) is 5.75 Å². The van der Waals surface area contributed by atoms with E-state index in [-0.39, 0.29) is 23.9 Å². The van der Waals surface area contributed by atoms with E-state index in [4.69, 9.17) is 9.84 Å². The van der Waals surface area contributed by atoms with E-state index in [2.05, 4.69) is 15.4 Å². The lowest BCUT2D eigenvalue weighted by Gasteiger charge is -2.37. The van der Waals surface area contributed by atoms with Gasteiger partial charge in [-0.3, -0.25) is 14.3 Å². The molecule has 1 aliphatic carbocycles. The fourth-order valence-electron chi connectivity index (χ4n) is 5.02. The highest BCUT2D eigenvalue weighted by Crippen LogP contribution is 2.33. The van der Waals surface area contributed by atoms with E-state index >= 15 is 0 Å². The fourth-order valence-corrected chi connectivity index (χ4v) is 5.02. The lowest BCUT2D eigenvalue weighted by Crippen LogP contribution is -2.48. The van der Waals surface area contributed by atoms with Gasteiger partial charge in [-0.05, 0) is 51.7 Å². The molecule has 0 spiro atoms. The van der Waals surface area contributed by atoms with Crippen LogP contribution in [0, 0.1) is 0 Å². The SMILES string of the molecule is COc1cc2nn(C3CCC(N(C)C(=O)C(C)(C)O)CC3)cc2cc1C(=O)Nc1cnn2cccnc12. The highest BCUT2D eigenvalue weighted by atomic mass is 16.5. The molecular weight excluding hydrogens is 474 g/mol. The number of nitrogens with one attached hydrogen (secondary N) is 1. The van der Waals surface area contributed by atoms with Gasteiger partial charge in [0, 0.05) is 43.1 Å². The Balaban J connectivity index is 1.33. The van der Waals surface area contributed by atoms with Crippen molar-refractivity contribution in [3.05, 3.63) is 48.5 Å². The van der Waals surface area contributed by atoms with Gasteiger partial charge in [0.2, 0.25) is 0 Å². The molecule has 5 rings (SSSR count). The number of carbonyl (C=O) groups is 2. The minimum Gasteiger partial charge on any atom is -0.496 e. The van der Waals surface area contributed by atoms with E-state index in [0.29, 0.717) is 22.6 Å². The third-order valence-electron chi connectivity index (χ3n) is 7.05. The van der Waals surface area contributed by atoms with Crippen LogP contribution in [0.1, 0.15) is 55.9 Å². The Hall–Kier alpha value is -3.99. The first kappa shape index (κ1) is 24.7. The number of rotatable bonds is 6. The Labute approximate surface area is 214 Å². The zero-order valence-corrected chi connectivity index (χ0v) is 21.4. The van der Waals surface area contributed by atoms with Gasteiger partial charge in [-0.1, -0.05) is 0 Å². The number of carbonyl (C=O) groups excluding carboxylic acids is 2. The summed E-state index contributed by atoms with van der Waals surface area (Å²) in [5, 5.41) is 22.8. The molecule has 3 aromatic heterocycles. The first-order valence-corrected chi connectivity index (χ1v) is 12.3. The molecule has 2 N–H and O–H groups in total. The van der Waals surface area contributed by atoms with Gasteiger partial charge in [0.15, 0.2) is 5.65 Å². The van der Waals surface area contributed by atoms with Gasteiger partial charge in [0.1, 0.15) is 17.0 Å². The number of fused-ring (bicyclic) bond motifs is 2. The number of benzene rings is 1. The van der Waals surface area contributed by atoms with Crippen molar-refractivity contribution < 1.29 is 19.4 Å². The summed E-state index contributed by atoms with van der Waals surface area (Å²) in [6.45, 7) is 3.04. The predicted molar refractivity (Wildman–Crippen MR) is 138 cm³/mol. The van der Waals surface area contributed by atoms with Crippen LogP contribution in [0.4, 0.5) is 5.69 Å². The Morgan fingerprint density at radius 3 is 2.68 bits per heavy atom. The predicted octanol–water partition coefficient (Wildman–Crippen LogP) is 3.05. The molecule has 4 aromatic rings. The normalized spacial score (nSPS) is 18.2. The molecular formula is C26H31N7O4. The van der Waals surface area contributed by atoms with Crippen LogP contribution < -0.4 is 10.1 Å². The molecule has 0 unspecified atom stereocenters. The molecule has 0 bridgehead atoms. The van der Waals surface area contributed by atoms with Gasteiger partial charge in [-0.15, -0.1) is 0 Å². The minimum atomic E-state index is -1.38. The zero-order chi connectivity index (χ0) is 26.3. The molecule has 37 heavy (non-hydrogen) atoms. The fraction of sp³-hybridized carbons (Fsp3) is 0.423. The first-order chi connectivity index (χ1) is 17.7. The van der Waals surface area contributed by atoms with Crippen LogP contribution in [0.2, 0.25) is 0 Å². The molecule has 2 amide bonds. The maximum absolute atomic E-state index is 13.2. The van der Waals surface area contributed by atoms with Crippen molar-refractivity contribution in [1.82, 2.24) is 29.3 Å². The Morgan fingerprint density at radius 1 is 1.22 bits per heavy atom. The number of ether oxygens (including phenoxy) is 1. The maximum Gasteiger partial charge on any atom is 0.259 e. The third-order valence-corrected chi connectivity index (χ3v) is 7.05. The molecule has 1 saturated carbocycles. The number of methoxy groups -OCH3 is 1. The molecule has 0 radical (unpaired) electrons. The average Bonchev–Trinajstić information content (AvgIpc) is 3.50. The highest BCUT2D eigenvalue weighted by Gasteiger charge is 2.34. The van der Waals surface area contributed by atoms with Crippen LogP contribution in [0.15, 0.2) is 43.0 Å². The monoisotopic (exact) mass is 505 g/mol. The molecule has 3 heterocycles. The number of amides is 2. The zero-order valence-electron chi connectivity index (χ0n) is 21.4. The Morgan fingerprint density at radius 2 is 1.97 bits per heavy atom. The molecule has 1 fully saturated rings. The van der Waals surface area contributed by atoms with Gasteiger partial charge < -0.3 is 20.1 Å². The van der Waals surface area contributed by atoms with Gasteiger partial charge in [-0.25, -0.2) is 9.50 Å². The molecule has 1 aliphatic rings. The van der Waals surface area contributed by atoms with E-state index < -0.39 is 5.60 Å². The van der Waals surface area contributed by atoms with Crippen molar-refractivity contribution in [3.63, 3.8) is 0 Å². The van der Waals surface area contributed by atoms with Crippen molar-refractivity contribution >= 4 is 34.1 Å². The molecule has 11 nitrogen and oxygen atoms in total. The topological polar surface area (TPSA) is 127 Å². The summed E-state index contributed by atoms with van der Waals surface area (Å²) >= 11 is 0. The number of likely N-dealkylation sites (N-methyl/N-ethyl adjacent to an activating group) is 1. The van der Waals surface area contributed by atoms with Gasteiger partial charge in [-0.2, -0.15) is 10.2 Å². The van der Waals surface area contributed by atoms with Gasteiger partial charge in [0.05, 0.1) is 30.4 Å². The quantitative estimate of drug-likeness (QED) is 0.412. The Bertz CT molecular complexity index is 1460. The van der Waals surface area contributed by atoms with Crippen molar-refractivity contribution in [1.29, 1.82) is 0 Å². The van der Waals surface area contributed by atoms with E-state index in [1.807, 2.05) is 10.9 Å². The smallest absolute Gasteiger partial charge is 0.259 e. The first-order valence-electron chi connectivity index (χ1n) is 12.3. The lowest BCUT2D eigenvalue weighted by atomic mass is 9.89. The van der Waals surface area contributed by atoms with E-state index in [9.17, 15) is 14.7 Å². The summed E-state index contributed by atoms with van der Waals surface area (Å²) in [6, 6.07) is 5.59. The second-order valence-electron chi connectivity index (χ2n) is 10.1. The van der Waals surface area contributed by atoms with Crippen LogP contribution in [-0.4, -0.2) is 72.0 Å². The van der Waals surface area contributed by atoms with Crippen molar-refractivity contribution in [2.45, 2.75) is 57.2 Å². The Kier molecular flexibility index (Phi) is 6.32. The van der Waals surface area contributed by atoms with Crippen molar-refractivity contribution in [3.8, 4) is 5.75 Å². The van der Waals surface area contributed by atoms with Crippen LogP contribution in [-0.2, 0) is 4.79 Å². The molecule has 194 valence electrons. The summed E-state index contributed by atoms with van der Waals surface area (Å²) in [5.41, 5.74) is 0.807. The lowest BCUT2D eigenvalue weighted by molar-refractivity contribution is -0.149. The minimum absolute atomic E-state index is 0.0879. The summed E-state index contributed by atoms with van der Waals surface area (Å²) in [4.78, 5) is 31.6. The molecule has 0 atom stereocenters. The number of aromatic nitrogens is 5. The summed E-state index contributed by atoms with van der Waals surface area (Å²) < 4.78 is 9.07. The number of nitrogens with zero attached hydrogens (tertiary/aromatic N) is 6. The van der Waals surface area contributed by atoms with Gasteiger partial charge in [0.25, 0.3) is 11.8 Å². The van der Waals surface area contributed by atoms with Gasteiger partial charge >= 0.3 is 0 Å². The van der Waals surface area contributed by atoms with Crippen molar-refractivity contribution in [2.75, 3.05) is 19.5 Å². The van der Waals surface area contributed by atoms with E-state index in [1.54, 1.807) is 53.3 Å².